The number of ether oxygens (including phenoxy) is 1. The Bertz CT molecular complexity index is 694. The highest BCUT2D eigenvalue weighted by molar-refractivity contribution is 5.51. The van der Waals surface area contributed by atoms with Gasteiger partial charge in [-0.25, -0.2) is 0 Å². The Morgan fingerprint density at radius 2 is 1.88 bits per heavy atom. The topological polar surface area (TPSA) is 58.7 Å². The van der Waals surface area contributed by atoms with Gasteiger partial charge < -0.3 is 20.5 Å². The predicted octanol–water partition coefficient (Wildman–Crippen LogP) is 3.48. The van der Waals surface area contributed by atoms with Crippen LogP contribution in [0.25, 0.3) is 0 Å². The number of phenolic OH excluding ortho intramolecular Hbond substituents is 1. The fourth-order valence-corrected chi connectivity index (χ4v) is 3.61. The van der Waals surface area contributed by atoms with Crippen molar-refractivity contribution in [3.8, 4) is 11.5 Å². The van der Waals surface area contributed by atoms with Crippen LogP contribution in [-0.2, 0) is 12.8 Å². The molecule has 134 valence electrons. The van der Waals surface area contributed by atoms with Gasteiger partial charge in [-0.15, -0.1) is 0 Å². The number of rotatable bonds is 6. The highest BCUT2D eigenvalue weighted by atomic mass is 16.5. The number of anilines is 1. The first-order chi connectivity index (χ1) is 12.2. The molecule has 1 heterocycles. The molecule has 0 unspecified atom stereocenters. The summed E-state index contributed by atoms with van der Waals surface area (Å²) in [5.41, 5.74) is 9.26. The van der Waals surface area contributed by atoms with Gasteiger partial charge in [-0.05, 0) is 68.0 Å². The molecule has 0 amide bonds. The monoisotopic (exact) mass is 340 g/mol. The molecular formula is C21H28N2O2. The van der Waals surface area contributed by atoms with Crippen molar-refractivity contribution in [2.75, 3.05) is 32.5 Å². The number of methoxy groups -OCH3 is 1. The van der Waals surface area contributed by atoms with Crippen molar-refractivity contribution in [2.24, 2.45) is 5.92 Å². The van der Waals surface area contributed by atoms with Gasteiger partial charge in [-0.2, -0.15) is 0 Å². The minimum Gasteiger partial charge on any atom is -0.508 e. The molecule has 1 fully saturated rings. The number of aromatic hydroxyl groups is 1. The van der Waals surface area contributed by atoms with E-state index in [0.29, 0.717) is 11.7 Å². The van der Waals surface area contributed by atoms with Crippen LogP contribution in [0.5, 0.6) is 11.5 Å². The third-order valence-corrected chi connectivity index (χ3v) is 5.26. The van der Waals surface area contributed by atoms with E-state index in [0.717, 1.165) is 49.5 Å². The number of nitrogens with two attached hydrogens (primary N) is 1. The highest BCUT2D eigenvalue weighted by Gasteiger charge is 2.20. The van der Waals surface area contributed by atoms with Crippen LogP contribution in [0.4, 0.5) is 5.69 Å². The van der Waals surface area contributed by atoms with Crippen LogP contribution in [-0.4, -0.2) is 36.8 Å². The Hall–Kier alpha value is -2.20. The first-order valence-corrected chi connectivity index (χ1v) is 9.07. The van der Waals surface area contributed by atoms with Crippen LogP contribution in [0.1, 0.15) is 24.0 Å². The molecule has 4 nitrogen and oxygen atoms in total. The van der Waals surface area contributed by atoms with Gasteiger partial charge in [-0.1, -0.05) is 24.3 Å². The molecule has 0 aromatic heterocycles. The Balaban J connectivity index is 1.46. The summed E-state index contributed by atoms with van der Waals surface area (Å²) in [6.45, 7) is 3.25. The van der Waals surface area contributed by atoms with Gasteiger partial charge in [0.15, 0.2) is 0 Å². The molecule has 2 aromatic carbocycles. The van der Waals surface area contributed by atoms with E-state index >= 15 is 0 Å². The van der Waals surface area contributed by atoms with Crippen molar-refractivity contribution in [1.29, 1.82) is 0 Å². The molecule has 1 aliphatic rings. The standard InChI is InChI=1S/C21H28N2O2/c1-25-19-7-6-18(20(22)15-19)14-16-8-11-23(12-9-16)13-10-17-4-2-3-5-21(17)24/h2-7,15-16,24H,8-14,22H2,1H3. The zero-order chi connectivity index (χ0) is 17.6. The maximum Gasteiger partial charge on any atom is 0.120 e. The van der Waals surface area contributed by atoms with E-state index in [1.807, 2.05) is 30.3 Å². The van der Waals surface area contributed by atoms with Crippen LogP contribution >= 0.6 is 0 Å². The van der Waals surface area contributed by atoms with Gasteiger partial charge in [0.05, 0.1) is 7.11 Å². The fraction of sp³-hybridized carbons (Fsp3) is 0.429. The minimum absolute atomic E-state index is 0.410. The van der Waals surface area contributed by atoms with E-state index in [4.69, 9.17) is 10.5 Å². The van der Waals surface area contributed by atoms with Gasteiger partial charge in [0.25, 0.3) is 0 Å². The SMILES string of the molecule is COc1ccc(CC2CCN(CCc3ccccc3O)CC2)c(N)c1. The third-order valence-electron chi connectivity index (χ3n) is 5.26. The molecule has 1 saturated heterocycles. The fourth-order valence-electron chi connectivity index (χ4n) is 3.61. The summed E-state index contributed by atoms with van der Waals surface area (Å²) >= 11 is 0. The van der Waals surface area contributed by atoms with E-state index < -0.39 is 0 Å². The maximum absolute atomic E-state index is 9.87. The lowest BCUT2D eigenvalue weighted by atomic mass is 9.89. The van der Waals surface area contributed by atoms with Crippen LogP contribution < -0.4 is 10.5 Å². The number of hydrogen-bond acceptors (Lipinski definition) is 4. The molecule has 0 radical (unpaired) electrons. The van der Waals surface area contributed by atoms with Crippen LogP contribution in [0, 0.1) is 5.92 Å². The molecule has 4 heteroatoms. The van der Waals surface area contributed by atoms with E-state index in [9.17, 15) is 5.11 Å². The predicted molar refractivity (Wildman–Crippen MR) is 102 cm³/mol. The van der Waals surface area contributed by atoms with Crippen molar-refractivity contribution in [3.63, 3.8) is 0 Å². The molecule has 3 N–H and O–H groups in total. The molecular weight excluding hydrogens is 312 g/mol. The highest BCUT2D eigenvalue weighted by Crippen LogP contribution is 2.27. The second kappa shape index (κ2) is 8.26. The summed E-state index contributed by atoms with van der Waals surface area (Å²) in [5.74, 6) is 1.92. The Morgan fingerprint density at radius 1 is 1.12 bits per heavy atom. The molecule has 0 bridgehead atoms. The van der Waals surface area contributed by atoms with Gasteiger partial charge in [-0.3, -0.25) is 0 Å². The maximum atomic E-state index is 9.87. The second-order valence-electron chi connectivity index (χ2n) is 6.93. The third kappa shape index (κ3) is 4.67. The first-order valence-electron chi connectivity index (χ1n) is 9.07. The summed E-state index contributed by atoms with van der Waals surface area (Å²) in [4.78, 5) is 2.50. The van der Waals surface area contributed by atoms with Crippen molar-refractivity contribution < 1.29 is 9.84 Å². The molecule has 0 saturated carbocycles. The minimum atomic E-state index is 0.410. The summed E-state index contributed by atoms with van der Waals surface area (Å²) in [5, 5.41) is 9.87. The Labute approximate surface area is 150 Å². The van der Waals surface area contributed by atoms with Gasteiger partial charge in [0.2, 0.25) is 0 Å². The smallest absolute Gasteiger partial charge is 0.120 e. The van der Waals surface area contributed by atoms with E-state index in [1.54, 1.807) is 13.2 Å². The number of likely N-dealkylation sites (tertiary alicyclic amines) is 1. The van der Waals surface area contributed by atoms with Crippen LogP contribution in [0.15, 0.2) is 42.5 Å². The Kier molecular flexibility index (Phi) is 5.82. The number of hydrogen-bond donors (Lipinski definition) is 2. The second-order valence-corrected chi connectivity index (χ2v) is 6.93. The van der Waals surface area contributed by atoms with E-state index in [1.165, 1.54) is 18.4 Å². The molecule has 3 rings (SSSR count). The lowest BCUT2D eigenvalue weighted by molar-refractivity contribution is 0.185. The lowest BCUT2D eigenvalue weighted by Crippen LogP contribution is -2.35. The lowest BCUT2D eigenvalue weighted by Gasteiger charge is -2.32. The largest absolute Gasteiger partial charge is 0.508 e. The zero-order valence-electron chi connectivity index (χ0n) is 14.9. The van der Waals surface area contributed by atoms with E-state index in [2.05, 4.69) is 11.0 Å². The molecule has 0 spiro atoms. The zero-order valence-corrected chi connectivity index (χ0v) is 14.9. The van der Waals surface area contributed by atoms with Gasteiger partial charge >= 0.3 is 0 Å². The van der Waals surface area contributed by atoms with Crippen molar-refractivity contribution in [2.45, 2.75) is 25.7 Å². The molecule has 1 aliphatic heterocycles. The summed E-state index contributed by atoms with van der Waals surface area (Å²) < 4.78 is 5.22. The summed E-state index contributed by atoms with van der Waals surface area (Å²) in [6, 6.07) is 13.6. The molecule has 2 aromatic rings. The van der Waals surface area contributed by atoms with Gasteiger partial charge in [0, 0.05) is 18.3 Å². The molecule has 0 aliphatic carbocycles. The number of nitrogens with zero attached hydrogens (tertiary/aromatic N) is 1. The van der Waals surface area contributed by atoms with Gasteiger partial charge in [0.1, 0.15) is 11.5 Å². The van der Waals surface area contributed by atoms with E-state index in [-0.39, 0.29) is 0 Å². The van der Waals surface area contributed by atoms with Crippen molar-refractivity contribution >= 4 is 5.69 Å². The first kappa shape index (κ1) is 17.6. The average Bonchev–Trinajstić information content (AvgIpc) is 2.64. The van der Waals surface area contributed by atoms with Crippen molar-refractivity contribution in [1.82, 2.24) is 4.90 Å². The summed E-state index contributed by atoms with van der Waals surface area (Å²) in [7, 11) is 1.67. The molecule has 0 atom stereocenters. The number of nitrogen functional groups attached to an aromatic ring is 1. The molecule has 25 heavy (non-hydrogen) atoms. The van der Waals surface area contributed by atoms with Crippen LogP contribution in [0.2, 0.25) is 0 Å². The number of piperidine rings is 1. The number of para-hydroxylation sites is 1. The number of phenols is 1. The summed E-state index contributed by atoms with van der Waals surface area (Å²) in [6.07, 6.45) is 4.35. The normalized spacial score (nSPS) is 16.0. The van der Waals surface area contributed by atoms with Crippen molar-refractivity contribution in [3.05, 3.63) is 53.6 Å². The van der Waals surface area contributed by atoms with Crippen LogP contribution in [0.3, 0.4) is 0 Å². The average molecular weight is 340 g/mol. The number of benzene rings is 2. The Morgan fingerprint density at radius 3 is 2.56 bits per heavy atom. The quantitative estimate of drug-likeness (QED) is 0.791.